The number of likely N-dealkylation sites (tertiary alicyclic amines) is 1. The first-order valence-corrected chi connectivity index (χ1v) is 13.7. The first-order valence-electron chi connectivity index (χ1n) is 13.3. The molecule has 1 saturated carbocycles. The number of halogens is 1. The molecule has 2 aromatic rings. The van der Waals surface area contributed by atoms with E-state index in [9.17, 15) is 9.59 Å². The molecule has 3 unspecified atom stereocenters. The van der Waals surface area contributed by atoms with Gasteiger partial charge in [0.2, 0.25) is 11.8 Å². The maximum atomic E-state index is 14.0. The Morgan fingerprint density at radius 3 is 2.64 bits per heavy atom. The van der Waals surface area contributed by atoms with Gasteiger partial charge in [0.15, 0.2) is 0 Å². The van der Waals surface area contributed by atoms with Gasteiger partial charge in [-0.15, -0.1) is 0 Å². The zero-order valence-corrected chi connectivity index (χ0v) is 22.4. The monoisotopic (exact) mass is 511 g/mol. The van der Waals surface area contributed by atoms with Crippen molar-refractivity contribution in [3.05, 3.63) is 47.2 Å². The molecular formula is C29H38ClN3O3. The molecule has 6 nitrogen and oxygen atoms in total. The average Bonchev–Trinajstić information content (AvgIpc) is 3.41. The second kappa shape index (κ2) is 12.1. The van der Waals surface area contributed by atoms with Crippen LogP contribution in [0.3, 0.4) is 0 Å². The number of amides is 2. The molecule has 194 valence electrons. The van der Waals surface area contributed by atoms with Crippen molar-refractivity contribution in [1.29, 1.82) is 0 Å². The Morgan fingerprint density at radius 1 is 1.14 bits per heavy atom. The van der Waals surface area contributed by atoms with Gasteiger partial charge in [-0.05, 0) is 67.9 Å². The molecule has 4 rings (SSSR count). The number of pyridine rings is 1. The van der Waals surface area contributed by atoms with Crippen molar-refractivity contribution in [3.63, 3.8) is 0 Å². The van der Waals surface area contributed by atoms with Crippen LogP contribution < -0.4 is 10.1 Å². The summed E-state index contributed by atoms with van der Waals surface area (Å²) in [6, 6.07) is 7.09. The van der Waals surface area contributed by atoms with Crippen molar-refractivity contribution in [1.82, 2.24) is 15.2 Å². The van der Waals surface area contributed by atoms with Gasteiger partial charge in [0.1, 0.15) is 11.8 Å². The molecular weight excluding hydrogens is 474 g/mol. The van der Waals surface area contributed by atoms with Crippen LogP contribution in [0.5, 0.6) is 5.75 Å². The molecule has 36 heavy (non-hydrogen) atoms. The molecule has 1 aromatic carbocycles. The van der Waals surface area contributed by atoms with Gasteiger partial charge < -0.3 is 15.0 Å². The summed E-state index contributed by atoms with van der Waals surface area (Å²) in [5.74, 6) is 0.844. The summed E-state index contributed by atoms with van der Waals surface area (Å²) in [6.07, 6.45) is 11.6. The molecule has 1 aromatic heterocycles. The van der Waals surface area contributed by atoms with Crippen LogP contribution in [-0.4, -0.2) is 41.4 Å². The highest BCUT2D eigenvalue weighted by atomic mass is 35.5. The van der Waals surface area contributed by atoms with Crippen LogP contribution in [0.25, 0.3) is 11.1 Å². The van der Waals surface area contributed by atoms with Crippen molar-refractivity contribution < 1.29 is 14.3 Å². The second-order valence-corrected chi connectivity index (χ2v) is 10.7. The highest BCUT2D eigenvalue weighted by Crippen LogP contribution is 2.38. The smallest absolute Gasteiger partial charge is 0.245 e. The van der Waals surface area contributed by atoms with Crippen molar-refractivity contribution in [3.8, 4) is 16.9 Å². The highest BCUT2D eigenvalue weighted by Gasteiger charge is 2.39. The number of methoxy groups -OCH3 is 1. The van der Waals surface area contributed by atoms with Gasteiger partial charge in [0, 0.05) is 41.0 Å². The minimum Gasteiger partial charge on any atom is -0.496 e. The minimum atomic E-state index is -0.462. The Kier molecular flexibility index (Phi) is 8.89. The number of carbonyl (C=O) groups excluding carboxylic acids is 2. The molecule has 0 spiro atoms. The third-order valence-electron chi connectivity index (χ3n) is 7.90. The van der Waals surface area contributed by atoms with E-state index in [-0.39, 0.29) is 29.7 Å². The fourth-order valence-corrected chi connectivity index (χ4v) is 5.75. The van der Waals surface area contributed by atoms with Gasteiger partial charge in [0.25, 0.3) is 0 Å². The summed E-state index contributed by atoms with van der Waals surface area (Å²) < 4.78 is 5.55. The molecule has 2 amide bonds. The lowest BCUT2D eigenvalue weighted by Crippen LogP contribution is -2.53. The summed E-state index contributed by atoms with van der Waals surface area (Å²) in [5, 5.41) is 3.79. The maximum absolute atomic E-state index is 14.0. The van der Waals surface area contributed by atoms with Crippen molar-refractivity contribution in [2.24, 2.45) is 11.8 Å². The SMILES string of the molecule is CCC(C)C(=O)NC(C(=O)N1CCCC1c1cncc(-c2cc(Cl)ccc2OC)c1)C1CCCCC1. The number of carbonyl (C=O) groups is 2. The number of hydrogen-bond acceptors (Lipinski definition) is 4. The molecule has 1 aliphatic heterocycles. The number of benzene rings is 1. The summed E-state index contributed by atoms with van der Waals surface area (Å²) in [4.78, 5) is 33.4. The molecule has 7 heteroatoms. The number of nitrogens with zero attached hydrogens (tertiary/aromatic N) is 2. The zero-order valence-electron chi connectivity index (χ0n) is 21.6. The summed E-state index contributed by atoms with van der Waals surface area (Å²) in [5.41, 5.74) is 2.77. The molecule has 2 fully saturated rings. The van der Waals surface area contributed by atoms with Gasteiger partial charge in [-0.2, -0.15) is 0 Å². The van der Waals surface area contributed by atoms with E-state index >= 15 is 0 Å². The lowest BCUT2D eigenvalue weighted by atomic mass is 9.83. The van der Waals surface area contributed by atoms with Crippen LogP contribution in [0.1, 0.15) is 76.8 Å². The molecule has 2 heterocycles. The Hall–Kier alpha value is -2.60. The van der Waals surface area contributed by atoms with Crippen molar-refractivity contribution in [2.45, 2.75) is 77.3 Å². The standard InChI is InChI=1S/C29H38ClN3O3/c1-4-19(2)28(34)32-27(20-9-6-5-7-10-20)29(35)33-14-8-11-25(33)22-15-21(17-31-18-22)24-16-23(30)12-13-26(24)36-3/h12-13,15-20,25,27H,4-11,14H2,1-3H3,(H,32,34). The number of hydrogen-bond donors (Lipinski definition) is 1. The Bertz CT molecular complexity index is 1070. The first-order chi connectivity index (χ1) is 17.4. The quantitative estimate of drug-likeness (QED) is 0.459. The molecule has 1 N–H and O–H groups in total. The predicted molar refractivity (Wildman–Crippen MR) is 143 cm³/mol. The fourth-order valence-electron chi connectivity index (χ4n) is 5.58. The van der Waals surface area contributed by atoms with Crippen LogP contribution in [0.15, 0.2) is 36.7 Å². The summed E-state index contributed by atoms with van der Waals surface area (Å²) in [6.45, 7) is 4.63. The normalized spacial score (nSPS) is 20.1. The van der Waals surface area contributed by atoms with Crippen LogP contribution >= 0.6 is 11.6 Å². The van der Waals surface area contributed by atoms with E-state index in [1.807, 2.05) is 37.1 Å². The van der Waals surface area contributed by atoms with Crippen LogP contribution in [0, 0.1) is 11.8 Å². The van der Waals surface area contributed by atoms with E-state index in [1.54, 1.807) is 19.4 Å². The van der Waals surface area contributed by atoms with E-state index in [0.717, 1.165) is 67.4 Å². The van der Waals surface area contributed by atoms with E-state index < -0.39 is 6.04 Å². The van der Waals surface area contributed by atoms with E-state index in [0.29, 0.717) is 11.6 Å². The Balaban J connectivity index is 1.61. The third-order valence-corrected chi connectivity index (χ3v) is 8.13. The zero-order chi connectivity index (χ0) is 25.7. The van der Waals surface area contributed by atoms with Gasteiger partial charge in [-0.1, -0.05) is 44.7 Å². The molecule has 1 saturated heterocycles. The average molecular weight is 512 g/mol. The lowest BCUT2D eigenvalue weighted by molar-refractivity contribution is -0.140. The second-order valence-electron chi connectivity index (χ2n) is 10.2. The van der Waals surface area contributed by atoms with Crippen LogP contribution in [-0.2, 0) is 9.59 Å². The fraction of sp³-hybridized carbons (Fsp3) is 0.552. The Morgan fingerprint density at radius 2 is 1.92 bits per heavy atom. The van der Waals surface area contributed by atoms with Crippen molar-refractivity contribution in [2.75, 3.05) is 13.7 Å². The lowest BCUT2D eigenvalue weighted by Gasteiger charge is -2.35. The molecule has 3 atom stereocenters. The molecule has 0 bridgehead atoms. The summed E-state index contributed by atoms with van der Waals surface area (Å²) in [7, 11) is 1.64. The minimum absolute atomic E-state index is 0.0196. The van der Waals surface area contributed by atoms with Gasteiger partial charge in [-0.25, -0.2) is 0 Å². The number of ether oxygens (including phenoxy) is 1. The van der Waals surface area contributed by atoms with E-state index in [4.69, 9.17) is 16.3 Å². The van der Waals surface area contributed by atoms with E-state index in [1.165, 1.54) is 6.42 Å². The van der Waals surface area contributed by atoms with E-state index in [2.05, 4.69) is 16.4 Å². The maximum Gasteiger partial charge on any atom is 0.245 e. The van der Waals surface area contributed by atoms with Gasteiger partial charge in [-0.3, -0.25) is 14.6 Å². The van der Waals surface area contributed by atoms with Crippen LogP contribution in [0.2, 0.25) is 5.02 Å². The number of rotatable bonds is 8. The Labute approximate surface area is 219 Å². The predicted octanol–water partition coefficient (Wildman–Crippen LogP) is 6.19. The molecule has 1 aliphatic carbocycles. The highest BCUT2D eigenvalue weighted by molar-refractivity contribution is 6.31. The van der Waals surface area contributed by atoms with Crippen LogP contribution in [0.4, 0.5) is 0 Å². The molecule has 2 aliphatic rings. The number of nitrogens with one attached hydrogen (secondary N) is 1. The topological polar surface area (TPSA) is 71.5 Å². The van der Waals surface area contributed by atoms with Crippen molar-refractivity contribution >= 4 is 23.4 Å². The largest absolute Gasteiger partial charge is 0.496 e. The third kappa shape index (κ3) is 5.86. The number of aromatic nitrogens is 1. The first kappa shape index (κ1) is 26.5. The van der Waals surface area contributed by atoms with Gasteiger partial charge >= 0.3 is 0 Å². The van der Waals surface area contributed by atoms with Gasteiger partial charge in [0.05, 0.1) is 13.2 Å². The molecule has 0 radical (unpaired) electrons. The summed E-state index contributed by atoms with van der Waals surface area (Å²) >= 11 is 6.27.